The maximum Gasteiger partial charge on any atom is 0.126 e. The summed E-state index contributed by atoms with van der Waals surface area (Å²) in [7, 11) is 0. The van der Waals surface area contributed by atoms with Gasteiger partial charge in [-0.05, 0) is 160 Å². The van der Waals surface area contributed by atoms with Gasteiger partial charge in [-0.15, -0.1) is 0 Å². The van der Waals surface area contributed by atoms with E-state index in [4.69, 9.17) is 0 Å². The average molecular weight is 743 g/mol. The van der Waals surface area contributed by atoms with Crippen LogP contribution in [-0.2, 0) is 40.9 Å². The van der Waals surface area contributed by atoms with Crippen LogP contribution in [0.3, 0.4) is 0 Å². The van der Waals surface area contributed by atoms with Crippen molar-refractivity contribution in [2.75, 3.05) is 0 Å². The number of phenols is 3. The summed E-state index contributed by atoms with van der Waals surface area (Å²) in [5.41, 5.74) is 17.2. The zero-order valence-electron chi connectivity index (χ0n) is 37.3. The fourth-order valence-electron chi connectivity index (χ4n) is 8.12. The van der Waals surface area contributed by atoms with Gasteiger partial charge in [0.1, 0.15) is 17.2 Å². The molecule has 0 aromatic heterocycles. The van der Waals surface area contributed by atoms with E-state index in [1.807, 2.05) is 13.8 Å². The van der Waals surface area contributed by atoms with Crippen molar-refractivity contribution in [3.8, 4) is 17.2 Å². The van der Waals surface area contributed by atoms with Crippen molar-refractivity contribution < 1.29 is 15.3 Å². The fourth-order valence-corrected chi connectivity index (χ4v) is 8.12. The number of benzene rings is 4. The molecule has 0 aliphatic carbocycles. The van der Waals surface area contributed by atoms with Gasteiger partial charge >= 0.3 is 0 Å². The molecule has 0 unspecified atom stereocenters. The molecule has 0 aliphatic heterocycles. The van der Waals surface area contributed by atoms with E-state index in [1.54, 1.807) is 0 Å². The van der Waals surface area contributed by atoms with Crippen molar-refractivity contribution in [2.24, 2.45) is 0 Å². The van der Waals surface area contributed by atoms with Gasteiger partial charge in [0.25, 0.3) is 0 Å². The SMILES string of the molecule is C=C(C)c1cc(Cc2c(C)c(Cc3cc(C(=C)C)c(O)c(C(C)(C)C)c3)c(C)c(Cc3cc(C(C)(C)C)c(O)c(C(C)(C)C)c3)c2C)cc(C(C)(C)C)c1O. The summed E-state index contributed by atoms with van der Waals surface area (Å²) in [6.45, 7) is 45.1. The molecule has 0 aliphatic rings. The van der Waals surface area contributed by atoms with E-state index in [1.165, 1.54) is 38.9 Å². The van der Waals surface area contributed by atoms with Crippen molar-refractivity contribution >= 4 is 11.1 Å². The molecule has 4 rings (SSSR count). The molecule has 3 N–H and O–H groups in total. The van der Waals surface area contributed by atoms with Crippen molar-refractivity contribution in [3.63, 3.8) is 0 Å². The van der Waals surface area contributed by atoms with Crippen LogP contribution in [0.4, 0.5) is 0 Å². The molecule has 0 bridgehead atoms. The lowest BCUT2D eigenvalue weighted by atomic mass is 9.76. The molecule has 3 heteroatoms. The summed E-state index contributed by atoms with van der Waals surface area (Å²) in [4.78, 5) is 0. The lowest BCUT2D eigenvalue weighted by Gasteiger charge is -2.29. The molecule has 0 spiro atoms. The van der Waals surface area contributed by atoms with Crippen molar-refractivity contribution in [1.29, 1.82) is 0 Å². The number of allylic oxidation sites excluding steroid dienone is 2. The van der Waals surface area contributed by atoms with Crippen LogP contribution in [-0.4, -0.2) is 15.3 Å². The maximum absolute atomic E-state index is 11.6. The summed E-state index contributed by atoms with van der Waals surface area (Å²) in [6, 6.07) is 13.0. The van der Waals surface area contributed by atoms with E-state index >= 15 is 0 Å². The van der Waals surface area contributed by atoms with Crippen LogP contribution in [0.2, 0.25) is 0 Å². The Hall–Kier alpha value is -4.24. The second kappa shape index (κ2) is 15.0. The highest BCUT2D eigenvalue weighted by atomic mass is 16.3. The van der Waals surface area contributed by atoms with Gasteiger partial charge in [0.15, 0.2) is 0 Å². The van der Waals surface area contributed by atoms with Gasteiger partial charge < -0.3 is 15.3 Å². The van der Waals surface area contributed by atoms with E-state index in [0.29, 0.717) is 30.1 Å². The minimum absolute atomic E-state index is 0.233. The maximum atomic E-state index is 11.6. The second-order valence-corrected chi connectivity index (χ2v) is 20.5. The highest BCUT2D eigenvalue weighted by Gasteiger charge is 2.29. The Balaban J connectivity index is 2.08. The minimum Gasteiger partial charge on any atom is -0.507 e. The molecule has 0 fully saturated rings. The van der Waals surface area contributed by atoms with Crippen LogP contribution in [0, 0.1) is 20.8 Å². The molecular weight excluding hydrogens is 673 g/mol. The Morgan fingerprint density at radius 1 is 0.418 bits per heavy atom. The molecule has 296 valence electrons. The van der Waals surface area contributed by atoms with Gasteiger partial charge in [-0.25, -0.2) is 0 Å². The Kier molecular flexibility index (Phi) is 11.9. The zero-order chi connectivity index (χ0) is 41.9. The highest BCUT2D eigenvalue weighted by molar-refractivity contribution is 5.72. The molecule has 0 amide bonds. The molecule has 0 saturated carbocycles. The highest BCUT2D eigenvalue weighted by Crippen LogP contribution is 2.43. The summed E-state index contributed by atoms with van der Waals surface area (Å²) >= 11 is 0. The Labute approximate surface area is 334 Å². The molecule has 0 saturated heterocycles. The van der Waals surface area contributed by atoms with Crippen LogP contribution >= 0.6 is 0 Å². The summed E-state index contributed by atoms with van der Waals surface area (Å²) in [5.74, 6) is 1.02. The second-order valence-electron chi connectivity index (χ2n) is 20.5. The lowest BCUT2D eigenvalue weighted by Crippen LogP contribution is -2.18. The average Bonchev–Trinajstić information content (AvgIpc) is 3.02. The third-order valence-electron chi connectivity index (χ3n) is 11.5. The van der Waals surface area contributed by atoms with E-state index in [2.05, 4.69) is 153 Å². The smallest absolute Gasteiger partial charge is 0.126 e. The Morgan fingerprint density at radius 2 is 0.636 bits per heavy atom. The quantitative estimate of drug-likeness (QED) is 0.168. The first-order chi connectivity index (χ1) is 24.9. The largest absolute Gasteiger partial charge is 0.507 e. The van der Waals surface area contributed by atoms with Crippen molar-refractivity contribution in [1.82, 2.24) is 0 Å². The van der Waals surface area contributed by atoms with Crippen LogP contribution in [0.15, 0.2) is 49.6 Å². The van der Waals surface area contributed by atoms with Gasteiger partial charge in [-0.2, -0.15) is 0 Å². The first-order valence-electron chi connectivity index (χ1n) is 20.0. The number of hydrogen-bond donors (Lipinski definition) is 3. The minimum atomic E-state index is -0.253. The third kappa shape index (κ3) is 9.09. The molecule has 3 nitrogen and oxygen atoms in total. The van der Waals surface area contributed by atoms with Crippen molar-refractivity contribution in [2.45, 2.75) is 159 Å². The third-order valence-corrected chi connectivity index (χ3v) is 11.5. The lowest BCUT2D eigenvalue weighted by molar-refractivity contribution is 0.422. The molecule has 4 aromatic carbocycles. The zero-order valence-corrected chi connectivity index (χ0v) is 37.3. The van der Waals surface area contributed by atoms with Crippen LogP contribution in [0.5, 0.6) is 17.2 Å². The molecule has 0 radical (unpaired) electrons. The van der Waals surface area contributed by atoms with Gasteiger partial charge in [0.05, 0.1) is 0 Å². The van der Waals surface area contributed by atoms with E-state index in [9.17, 15) is 15.3 Å². The van der Waals surface area contributed by atoms with E-state index < -0.39 is 0 Å². The van der Waals surface area contributed by atoms with Crippen LogP contribution in [0.1, 0.15) is 180 Å². The van der Waals surface area contributed by atoms with Gasteiger partial charge in [-0.3, -0.25) is 0 Å². The van der Waals surface area contributed by atoms with Gasteiger partial charge in [0.2, 0.25) is 0 Å². The number of hydrogen-bond acceptors (Lipinski definition) is 3. The fraction of sp³-hybridized carbons (Fsp3) is 0.462. The van der Waals surface area contributed by atoms with Crippen molar-refractivity contribution in [3.05, 3.63) is 133 Å². The molecule has 0 heterocycles. The first-order valence-corrected chi connectivity index (χ1v) is 20.0. The van der Waals surface area contributed by atoms with Crippen LogP contribution < -0.4 is 0 Å². The topological polar surface area (TPSA) is 60.7 Å². The summed E-state index contributed by atoms with van der Waals surface area (Å²) < 4.78 is 0. The predicted octanol–water partition coefficient (Wildman–Crippen LogP) is 13.8. The Bertz CT molecular complexity index is 2020. The molecular formula is C52H70O3. The van der Waals surface area contributed by atoms with Gasteiger partial charge in [-0.1, -0.05) is 121 Å². The molecule has 55 heavy (non-hydrogen) atoms. The normalized spacial score (nSPS) is 12.7. The standard InChI is InChI=1S/C52H70O3/c1-29(2)37-20-34(25-42(46(37)53)49(8,9)10)22-39-31(5)40(23-35-21-38(30(3)4)47(54)43(26-35)50(11,12)13)33(7)41(32(39)6)24-36-27-44(51(14,15)16)48(55)45(28-36)52(17,18)19/h20-21,25-28,53-55H,1,3,22-24H2,2,4-19H3. The van der Waals surface area contributed by atoms with E-state index in [-0.39, 0.29) is 21.7 Å². The number of aromatic hydroxyl groups is 3. The van der Waals surface area contributed by atoms with E-state index in [0.717, 1.165) is 62.1 Å². The number of phenolic OH excluding ortho intramolecular Hbond substituents is 3. The number of rotatable bonds is 8. The Morgan fingerprint density at radius 3 is 0.855 bits per heavy atom. The molecule has 4 aromatic rings. The first kappa shape index (κ1) is 43.5. The van der Waals surface area contributed by atoms with Crippen LogP contribution in [0.25, 0.3) is 11.1 Å². The molecule has 0 atom stereocenters. The summed E-state index contributed by atoms with van der Waals surface area (Å²) in [6.07, 6.45) is 2.14. The predicted molar refractivity (Wildman–Crippen MR) is 238 cm³/mol. The summed E-state index contributed by atoms with van der Waals surface area (Å²) in [5, 5.41) is 34.4. The monoisotopic (exact) mass is 743 g/mol. The van der Waals surface area contributed by atoms with Gasteiger partial charge in [0, 0.05) is 22.3 Å².